The number of rotatable bonds is 5. The van der Waals surface area contributed by atoms with E-state index in [9.17, 15) is 13.2 Å². The highest BCUT2D eigenvalue weighted by Crippen LogP contribution is 2.23. The third-order valence-corrected chi connectivity index (χ3v) is 7.32. The Kier molecular flexibility index (Phi) is 5.76. The van der Waals surface area contributed by atoms with Crippen LogP contribution in [0.1, 0.15) is 22.5 Å². The standard InChI is InChI=1S/C19H26N4O4S/c1-13-6-5-7-17(14(13)2)27-12-18(24)22-8-10-23(11-9-22)28(25,26)19-15(3)20-21-16(19)4/h5-7H,8-12H2,1-4H3,(H,20,21). The van der Waals surface area contributed by atoms with Gasteiger partial charge in [0.15, 0.2) is 6.61 Å². The highest BCUT2D eigenvalue weighted by molar-refractivity contribution is 7.89. The molecule has 2 aromatic rings. The second-order valence-electron chi connectivity index (χ2n) is 7.03. The van der Waals surface area contributed by atoms with Gasteiger partial charge in [0.25, 0.3) is 5.91 Å². The first-order chi connectivity index (χ1) is 13.2. The van der Waals surface area contributed by atoms with Gasteiger partial charge in [-0.2, -0.15) is 9.40 Å². The topological polar surface area (TPSA) is 95.6 Å². The number of nitrogens with zero attached hydrogens (tertiary/aromatic N) is 3. The summed E-state index contributed by atoms with van der Waals surface area (Å²) in [5, 5.41) is 6.69. The molecule has 0 spiro atoms. The average Bonchev–Trinajstić information content (AvgIpc) is 3.01. The largest absolute Gasteiger partial charge is 0.483 e. The minimum Gasteiger partial charge on any atom is -0.483 e. The van der Waals surface area contributed by atoms with Gasteiger partial charge in [-0.1, -0.05) is 12.1 Å². The van der Waals surface area contributed by atoms with Crippen LogP contribution in [0.5, 0.6) is 5.75 Å². The van der Waals surface area contributed by atoms with E-state index < -0.39 is 10.0 Å². The van der Waals surface area contributed by atoms with Gasteiger partial charge in [0.2, 0.25) is 10.0 Å². The molecule has 0 atom stereocenters. The first-order valence-electron chi connectivity index (χ1n) is 9.20. The van der Waals surface area contributed by atoms with Crippen LogP contribution >= 0.6 is 0 Å². The first kappa shape index (κ1) is 20.3. The molecule has 0 saturated carbocycles. The van der Waals surface area contributed by atoms with E-state index in [-0.39, 0.29) is 30.5 Å². The fourth-order valence-corrected chi connectivity index (χ4v) is 5.09. The third kappa shape index (κ3) is 3.90. The van der Waals surface area contributed by atoms with E-state index in [1.165, 1.54) is 4.31 Å². The predicted molar refractivity (Wildman–Crippen MR) is 105 cm³/mol. The monoisotopic (exact) mass is 406 g/mol. The van der Waals surface area contributed by atoms with Crippen molar-refractivity contribution in [1.82, 2.24) is 19.4 Å². The zero-order valence-electron chi connectivity index (χ0n) is 16.7. The number of piperazine rings is 1. The van der Waals surface area contributed by atoms with Crippen LogP contribution in [0.3, 0.4) is 0 Å². The van der Waals surface area contributed by atoms with Crippen molar-refractivity contribution < 1.29 is 17.9 Å². The maximum Gasteiger partial charge on any atom is 0.260 e. The number of aromatic amines is 1. The van der Waals surface area contributed by atoms with Crippen LogP contribution < -0.4 is 4.74 Å². The Balaban J connectivity index is 1.59. The zero-order chi connectivity index (χ0) is 20.5. The molecule has 1 aromatic heterocycles. The van der Waals surface area contributed by atoms with E-state index in [1.54, 1.807) is 18.7 Å². The minimum absolute atomic E-state index is 0.0585. The molecule has 152 valence electrons. The van der Waals surface area contributed by atoms with E-state index in [2.05, 4.69) is 10.2 Å². The molecule has 8 nitrogen and oxygen atoms in total. The summed E-state index contributed by atoms with van der Waals surface area (Å²) in [5.41, 5.74) is 3.10. The minimum atomic E-state index is -3.62. The number of carbonyl (C=O) groups is 1. The summed E-state index contributed by atoms with van der Waals surface area (Å²) < 4.78 is 32.9. The van der Waals surface area contributed by atoms with Crippen molar-refractivity contribution in [3.05, 3.63) is 40.7 Å². The van der Waals surface area contributed by atoms with Crippen molar-refractivity contribution in [3.8, 4) is 5.75 Å². The molecule has 0 aliphatic carbocycles. The lowest BCUT2D eigenvalue weighted by molar-refractivity contribution is -0.134. The van der Waals surface area contributed by atoms with Crippen LogP contribution in [0, 0.1) is 27.7 Å². The number of hydrogen-bond acceptors (Lipinski definition) is 5. The van der Waals surface area contributed by atoms with Crippen molar-refractivity contribution in [3.63, 3.8) is 0 Å². The highest BCUT2D eigenvalue weighted by atomic mass is 32.2. The van der Waals surface area contributed by atoms with E-state index in [0.717, 1.165) is 11.1 Å². The lowest BCUT2D eigenvalue weighted by Gasteiger charge is -2.34. The molecule has 28 heavy (non-hydrogen) atoms. The molecule has 1 N–H and O–H groups in total. The molecule has 1 fully saturated rings. The third-order valence-electron chi connectivity index (χ3n) is 5.16. The van der Waals surface area contributed by atoms with Gasteiger partial charge in [0, 0.05) is 26.2 Å². The maximum atomic E-state index is 12.9. The number of amides is 1. The van der Waals surface area contributed by atoms with Crippen LogP contribution in [0.4, 0.5) is 0 Å². The smallest absolute Gasteiger partial charge is 0.260 e. The van der Waals surface area contributed by atoms with E-state index in [1.807, 2.05) is 32.0 Å². The van der Waals surface area contributed by atoms with Crippen LogP contribution in [0.2, 0.25) is 0 Å². The molecule has 1 saturated heterocycles. The first-order valence-corrected chi connectivity index (χ1v) is 10.6. The number of hydrogen-bond donors (Lipinski definition) is 1. The summed E-state index contributed by atoms with van der Waals surface area (Å²) in [4.78, 5) is 14.4. The van der Waals surface area contributed by atoms with Gasteiger partial charge < -0.3 is 9.64 Å². The number of sulfonamides is 1. The molecular formula is C19H26N4O4S. The molecule has 0 radical (unpaired) electrons. The lowest BCUT2D eigenvalue weighted by Crippen LogP contribution is -2.51. The number of nitrogens with one attached hydrogen (secondary N) is 1. The van der Waals surface area contributed by atoms with Crippen molar-refractivity contribution >= 4 is 15.9 Å². The number of benzene rings is 1. The van der Waals surface area contributed by atoms with Crippen LogP contribution in [-0.4, -0.2) is 66.5 Å². The SMILES string of the molecule is Cc1cccc(OCC(=O)N2CCN(S(=O)(=O)c3c(C)n[nH]c3C)CC2)c1C. The second kappa shape index (κ2) is 7.92. The van der Waals surface area contributed by atoms with E-state index in [4.69, 9.17) is 4.74 Å². The fourth-order valence-electron chi connectivity index (χ4n) is 3.34. The van der Waals surface area contributed by atoms with Crippen LogP contribution in [0.25, 0.3) is 0 Å². The Morgan fingerprint density at radius 3 is 2.43 bits per heavy atom. The Labute approximate surface area is 165 Å². The van der Waals surface area contributed by atoms with E-state index >= 15 is 0 Å². The van der Waals surface area contributed by atoms with Gasteiger partial charge in [0.1, 0.15) is 10.6 Å². The number of aryl methyl sites for hydroxylation is 3. The van der Waals surface area contributed by atoms with Gasteiger partial charge in [-0.15, -0.1) is 0 Å². The molecule has 3 rings (SSSR count). The van der Waals surface area contributed by atoms with Gasteiger partial charge in [-0.05, 0) is 44.9 Å². The van der Waals surface area contributed by atoms with Crippen LogP contribution in [-0.2, 0) is 14.8 Å². The average molecular weight is 407 g/mol. The number of aromatic nitrogens is 2. The Morgan fingerprint density at radius 1 is 1.14 bits per heavy atom. The molecule has 1 aliphatic rings. The van der Waals surface area contributed by atoms with Gasteiger partial charge in [0.05, 0.1) is 11.4 Å². The number of ether oxygens (including phenoxy) is 1. The normalized spacial score (nSPS) is 15.6. The fraction of sp³-hybridized carbons (Fsp3) is 0.474. The number of carbonyl (C=O) groups excluding carboxylic acids is 1. The molecule has 1 amide bonds. The zero-order valence-corrected chi connectivity index (χ0v) is 17.5. The van der Waals surface area contributed by atoms with E-state index in [0.29, 0.717) is 30.2 Å². The molecular weight excluding hydrogens is 380 g/mol. The molecule has 1 aliphatic heterocycles. The van der Waals surface area contributed by atoms with Gasteiger partial charge in [-0.3, -0.25) is 9.89 Å². The molecule has 0 bridgehead atoms. The van der Waals surface area contributed by atoms with Gasteiger partial charge >= 0.3 is 0 Å². The van der Waals surface area contributed by atoms with Crippen molar-refractivity contribution in [2.75, 3.05) is 32.8 Å². The molecule has 1 aromatic carbocycles. The molecule has 2 heterocycles. The Morgan fingerprint density at radius 2 is 1.82 bits per heavy atom. The Hall–Kier alpha value is -2.39. The summed E-state index contributed by atoms with van der Waals surface area (Å²) in [7, 11) is -3.62. The summed E-state index contributed by atoms with van der Waals surface area (Å²) in [6.45, 7) is 8.43. The quantitative estimate of drug-likeness (QED) is 0.813. The lowest BCUT2D eigenvalue weighted by atomic mass is 10.1. The predicted octanol–water partition coefficient (Wildman–Crippen LogP) is 1.56. The Bertz CT molecular complexity index is 956. The highest BCUT2D eigenvalue weighted by Gasteiger charge is 2.33. The summed E-state index contributed by atoms with van der Waals surface area (Å²) >= 11 is 0. The maximum absolute atomic E-state index is 12.9. The molecule has 9 heteroatoms. The number of H-pyrrole nitrogens is 1. The summed E-state index contributed by atoms with van der Waals surface area (Å²) in [6, 6.07) is 5.73. The molecule has 0 unspecified atom stereocenters. The van der Waals surface area contributed by atoms with Crippen molar-refractivity contribution in [2.45, 2.75) is 32.6 Å². The van der Waals surface area contributed by atoms with Crippen molar-refractivity contribution in [1.29, 1.82) is 0 Å². The van der Waals surface area contributed by atoms with Crippen LogP contribution in [0.15, 0.2) is 23.1 Å². The van der Waals surface area contributed by atoms with Gasteiger partial charge in [-0.25, -0.2) is 8.42 Å². The second-order valence-corrected chi connectivity index (χ2v) is 8.91. The van der Waals surface area contributed by atoms with Crippen molar-refractivity contribution in [2.24, 2.45) is 0 Å². The summed E-state index contributed by atoms with van der Waals surface area (Å²) in [6.07, 6.45) is 0. The summed E-state index contributed by atoms with van der Waals surface area (Å²) in [5.74, 6) is 0.550.